The highest BCUT2D eigenvalue weighted by Gasteiger charge is 2.40. The van der Waals surface area contributed by atoms with E-state index in [1.165, 1.54) is 11.0 Å². The maximum Gasteiger partial charge on any atom is 0.405 e. The standard InChI is InChI=1S/C10H15F3N2O2/c1-3-4-15(7-9(16)17-2)6-8(5-14)10(11,12)13/h8H,3-4,6-7H2,1-2H3. The molecule has 98 valence electrons. The minimum atomic E-state index is -4.57. The SMILES string of the molecule is CCCN(CC(=O)OC)CC(C#N)C(F)(F)F. The van der Waals surface area contributed by atoms with Crippen molar-refractivity contribution in [3.63, 3.8) is 0 Å². The van der Waals surface area contributed by atoms with Crippen LogP contribution in [0, 0.1) is 17.2 Å². The Morgan fingerprint density at radius 3 is 2.47 bits per heavy atom. The number of methoxy groups -OCH3 is 1. The molecule has 0 rings (SSSR count). The zero-order valence-corrected chi connectivity index (χ0v) is 9.75. The van der Waals surface area contributed by atoms with E-state index in [-0.39, 0.29) is 6.54 Å². The third-order valence-corrected chi connectivity index (χ3v) is 2.11. The van der Waals surface area contributed by atoms with Crippen LogP contribution in [0.5, 0.6) is 0 Å². The van der Waals surface area contributed by atoms with Crippen LogP contribution in [0.1, 0.15) is 13.3 Å². The number of alkyl halides is 3. The van der Waals surface area contributed by atoms with Gasteiger partial charge < -0.3 is 4.74 Å². The average molecular weight is 252 g/mol. The van der Waals surface area contributed by atoms with Crippen molar-refractivity contribution < 1.29 is 22.7 Å². The Morgan fingerprint density at radius 2 is 2.12 bits per heavy atom. The summed E-state index contributed by atoms with van der Waals surface area (Å²) in [7, 11) is 1.16. The van der Waals surface area contributed by atoms with E-state index in [9.17, 15) is 18.0 Å². The summed E-state index contributed by atoms with van der Waals surface area (Å²) in [5, 5.41) is 8.46. The minimum absolute atomic E-state index is 0.238. The molecule has 0 spiro atoms. The van der Waals surface area contributed by atoms with Crippen LogP contribution in [0.15, 0.2) is 0 Å². The lowest BCUT2D eigenvalue weighted by Gasteiger charge is -2.23. The van der Waals surface area contributed by atoms with Gasteiger partial charge in [-0.1, -0.05) is 6.92 Å². The van der Waals surface area contributed by atoms with Gasteiger partial charge in [-0.15, -0.1) is 0 Å². The van der Waals surface area contributed by atoms with E-state index < -0.39 is 24.6 Å². The van der Waals surface area contributed by atoms with Crippen molar-refractivity contribution in [2.75, 3.05) is 26.7 Å². The summed E-state index contributed by atoms with van der Waals surface area (Å²) in [5.41, 5.74) is 0. The molecule has 0 amide bonds. The molecule has 1 unspecified atom stereocenters. The maximum absolute atomic E-state index is 12.4. The third kappa shape index (κ3) is 6.12. The van der Waals surface area contributed by atoms with Gasteiger partial charge in [0.25, 0.3) is 0 Å². The molecule has 7 heteroatoms. The second-order valence-electron chi connectivity index (χ2n) is 3.53. The van der Waals surface area contributed by atoms with Gasteiger partial charge in [-0.25, -0.2) is 0 Å². The molecular formula is C10H15F3N2O2. The van der Waals surface area contributed by atoms with Crippen LogP contribution >= 0.6 is 0 Å². The molecule has 0 aliphatic rings. The van der Waals surface area contributed by atoms with Crippen molar-refractivity contribution in [1.82, 2.24) is 4.90 Å². The highest BCUT2D eigenvalue weighted by atomic mass is 19.4. The molecule has 4 nitrogen and oxygen atoms in total. The summed E-state index contributed by atoms with van der Waals surface area (Å²) in [6.07, 6.45) is -3.98. The Balaban J connectivity index is 4.52. The number of hydrogen-bond donors (Lipinski definition) is 0. The normalized spacial score (nSPS) is 13.2. The van der Waals surface area contributed by atoms with Gasteiger partial charge >= 0.3 is 12.1 Å². The molecule has 0 heterocycles. The molecular weight excluding hydrogens is 237 g/mol. The van der Waals surface area contributed by atoms with Gasteiger partial charge in [-0.2, -0.15) is 18.4 Å². The van der Waals surface area contributed by atoms with Gasteiger partial charge in [0.05, 0.1) is 19.7 Å². The lowest BCUT2D eigenvalue weighted by atomic mass is 10.1. The average Bonchev–Trinajstić information content (AvgIpc) is 2.23. The Bertz CT molecular complexity index is 286. The number of esters is 1. The predicted octanol–water partition coefficient (Wildman–Crippen LogP) is 1.57. The summed E-state index contributed by atoms with van der Waals surface area (Å²) < 4.78 is 41.5. The van der Waals surface area contributed by atoms with Crippen LogP contribution in [0.3, 0.4) is 0 Å². The number of nitriles is 1. The number of carbonyl (C=O) groups is 1. The number of carbonyl (C=O) groups excluding carboxylic acids is 1. The Hall–Kier alpha value is -1.29. The smallest absolute Gasteiger partial charge is 0.405 e. The first-order chi connectivity index (χ1) is 7.85. The molecule has 0 fully saturated rings. The number of nitrogens with zero attached hydrogens (tertiary/aromatic N) is 2. The Labute approximate surface area is 97.9 Å². The number of hydrogen-bond acceptors (Lipinski definition) is 4. The third-order valence-electron chi connectivity index (χ3n) is 2.11. The summed E-state index contributed by atoms with van der Waals surface area (Å²) in [6.45, 7) is 1.34. The van der Waals surface area contributed by atoms with Gasteiger partial charge in [-0.05, 0) is 13.0 Å². The predicted molar refractivity (Wildman–Crippen MR) is 53.9 cm³/mol. The first-order valence-electron chi connectivity index (χ1n) is 5.10. The van der Waals surface area contributed by atoms with E-state index in [0.29, 0.717) is 13.0 Å². The van der Waals surface area contributed by atoms with Gasteiger partial charge in [0, 0.05) is 6.54 Å². The monoisotopic (exact) mass is 252 g/mol. The topological polar surface area (TPSA) is 53.3 Å². The van der Waals surface area contributed by atoms with Crippen LogP contribution in [-0.2, 0) is 9.53 Å². The van der Waals surface area contributed by atoms with E-state index in [0.717, 1.165) is 7.11 Å². The molecule has 0 aromatic rings. The van der Waals surface area contributed by atoms with Crippen LogP contribution in [-0.4, -0.2) is 43.8 Å². The van der Waals surface area contributed by atoms with Gasteiger partial charge in [0.15, 0.2) is 5.92 Å². The van der Waals surface area contributed by atoms with Crippen LogP contribution < -0.4 is 0 Å². The van der Waals surface area contributed by atoms with Crippen molar-refractivity contribution in [3.05, 3.63) is 0 Å². The Kier molecular flexibility index (Phi) is 6.58. The van der Waals surface area contributed by atoms with E-state index in [1.54, 1.807) is 6.92 Å². The summed E-state index contributed by atoms with van der Waals surface area (Å²) in [6, 6.07) is 1.20. The summed E-state index contributed by atoms with van der Waals surface area (Å²) >= 11 is 0. The zero-order valence-electron chi connectivity index (χ0n) is 9.75. The lowest BCUT2D eigenvalue weighted by Crippen LogP contribution is -2.39. The van der Waals surface area contributed by atoms with Gasteiger partial charge in [-0.3, -0.25) is 9.69 Å². The number of rotatable bonds is 6. The van der Waals surface area contributed by atoms with Crippen LogP contribution in [0.4, 0.5) is 13.2 Å². The maximum atomic E-state index is 12.4. The fourth-order valence-electron chi connectivity index (χ4n) is 1.27. The molecule has 0 saturated carbocycles. The first kappa shape index (κ1) is 15.7. The van der Waals surface area contributed by atoms with Crippen molar-refractivity contribution >= 4 is 5.97 Å². The molecule has 1 atom stereocenters. The van der Waals surface area contributed by atoms with E-state index in [1.807, 2.05) is 0 Å². The van der Waals surface area contributed by atoms with Gasteiger partial charge in [0.1, 0.15) is 0 Å². The minimum Gasteiger partial charge on any atom is -0.468 e. The van der Waals surface area contributed by atoms with E-state index >= 15 is 0 Å². The molecule has 0 aromatic carbocycles. The molecule has 0 aromatic heterocycles. The second kappa shape index (κ2) is 7.12. The van der Waals surface area contributed by atoms with Crippen molar-refractivity contribution in [1.29, 1.82) is 5.26 Å². The van der Waals surface area contributed by atoms with Crippen molar-refractivity contribution in [3.8, 4) is 6.07 Å². The molecule has 0 bridgehead atoms. The van der Waals surface area contributed by atoms with E-state index in [2.05, 4.69) is 4.74 Å². The van der Waals surface area contributed by atoms with Crippen molar-refractivity contribution in [2.45, 2.75) is 19.5 Å². The highest BCUT2D eigenvalue weighted by Crippen LogP contribution is 2.26. The van der Waals surface area contributed by atoms with Gasteiger partial charge in [0.2, 0.25) is 0 Å². The summed E-state index contributed by atoms with van der Waals surface area (Å²) in [5.74, 6) is -2.70. The molecule has 0 N–H and O–H groups in total. The fourth-order valence-corrected chi connectivity index (χ4v) is 1.27. The second-order valence-corrected chi connectivity index (χ2v) is 3.53. The molecule has 0 radical (unpaired) electrons. The van der Waals surface area contributed by atoms with E-state index in [4.69, 9.17) is 5.26 Å². The summed E-state index contributed by atoms with van der Waals surface area (Å²) in [4.78, 5) is 12.3. The Morgan fingerprint density at radius 1 is 1.53 bits per heavy atom. The fraction of sp³-hybridized carbons (Fsp3) is 0.800. The number of ether oxygens (including phenoxy) is 1. The number of halogens is 3. The molecule has 0 aliphatic heterocycles. The van der Waals surface area contributed by atoms with Crippen LogP contribution in [0.25, 0.3) is 0 Å². The quantitative estimate of drug-likeness (QED) is 0.673. The molecule has 0 saturated heterocycles. The molecule has 17 heavy (non-hydrogen) atoms. The highest BCUT2D eigenvalue weighted by molar-refractivity contribution is 5.71. The zero-order chi connectivity index (χ0) is 13.5. The van der Waals surface area contributed by atoms with Crippen molar-refractivity contribution in [2.24, 2.45) is 5.92 Å². The lowest BCUT2D eigenvalue weighted by molar-refractivity contribution is -0.165. The largest absolute Gasteiger partial charge is 0.468 e. The van der Waals surface area contributed by atoms with Crippen LogP contribution in [0.2, 0.25) is 0 Å². The molecule has 0 aliphatic carbocycles. The first-order valence-corrected chi connectivity index (χ1v) is 5.10.